The first-order valence-corrected chi connectivity index (χ1v) is 9.10. The van der Waals surface area contributed by atoms with Crippen molar-refractivity contribution in [3.63, 3.8) is 0 Å². The van der Waals surface area contributed by atoms with Crippen molar-refractivity contribution in [1.29, 1.82) is 0 Å². The summed E-state index contributed by atoms with van der Waals surface area (Å²) in [5.41, 5.74) is 1.99. The molecule has 1 aliphatic rings. The van der Waals surface area contributed by atoms with Crippen LogP contribution in [0, 0.1) is 25.2 Å². The fraction of sp³-hybridized carbons (Fsp3) is 0.778. The van der Waals surface area contributed by atoms with Gasteiger partial charge in [0.15, 0.2) is 0 Å². The van der Waals surface area contributed by atoms with Crippen LogP contribution in [0.3, 0.4) is 0 Å². The second kappa shape index (κ2) is 6.62. The predicted octanol–water partition coefficient (Wildman–Crippen LogP) is 5.62. The summed E-state index contributed by atoms with van der Waals surface area (Å²) < 4.78 is 0. The number of hydrogen-bond acceptors (Lipinski definition) is 2. The molecule has 0 saturated heterocycles. The fourth-order valence-corrected chi connectivity index (χ4v) is 5.49. The average Bonchev–Trinajstić information content (AvgIpc) is 2.93. The SMILES string of the molecule is CCNC(c1sc(C)cc1C)C1(CC(C)C)CCCC1. The Bertz CT molecular complexity index is 427. The molecule has 1 aromatic heterocycles. The Hall–Kier alpha value is -0.340. The molecule has 2 heteroatoms. The van der Waals surface area contributed by atoms with Crippen molar-refractivity contribution in [1.82, 2.24) is 5.32 Å². The molecule has 114 valence electrons. The van der Waals surface area contributed by atoms with Crippen LogP contribution in [0.2, 0.25) is 0 Å². The van der Waals surface area contributed by atoms with Crippen molar-refractivity contribution < 1.29 is 0 Å². The number of aryl methyl sites for hydroxylation is 2. The molecule has 0 amide bonds. The van der Waals surface area contributed by atoms with Crippen molar-refractivity contribution in [2.24, 2.45) is 11.3 Å². The van der Waals surface area contributed by atoms with Crippen molar-refractivity contribution in [3.8, 4) is 0 Å². The molecule has 1 atom stereocenters. The summed E-state index contributed by atoms with van der Waals surface area (Å²) in [7, 11) is 0. The van der Waals surface area contributed by atoms with Gasteiger partial charge in [-0.25, -0.2) is 0 Å². The molecule has 2 rings (SSSR count). The lowest BCUT2D eigenvalue weighted by molar-refractivity contribution is 0.159. The second-order valence-electron chi connectivity index (χ2n) is 7.06. The van der Waals surface area contributed by atoms with Crippen LogP contribution in [-0.2, 0) is 0 Å². The molecular weight excluding hydrogens is 262 g/mol. The third kappa shape index (κ3) is 3.28. The summed E-state index contributed by atoms with van der Waals surface area (Å²) in [6.45, 7) is 12.6. The van der Waals surface area contributed by atoms with Crippen LogP contribution in [-0.4, -0.2) is 6.54 Å². The zero-order valence-electron chi connectivity index (χ0n) is 13.9. The molecule has 0 spiro atoms. The lowest BCUT2D eigenvalue weighted by atomic mass is 9.71. The van der Waals surface area contributed by atoms with Crippen molar-refractivity contribution in [2.75, 3.05) is 6.54 Å². The maximum absolute atomic E-state index is 3.85. The van der Waals surface area contributed by atoms with Gasteiger partial charge in [0.05, 0.1) is 0 Å². The molecule has 1 N–H and O–H groups in total. The summed E-state index contributed by atoms with van der Waals surface area (Å²) in [6, 6.07) is 2.93. The van der Waals surface area contributed by atoms with Gasteiger partial charge < -0.3 is 5.32 Å². The van der Waals surface area contributed by atoms with E-state index in [0.29, 0.717) is 11.5 Å². The van der Waals surface area contributed by atoms with E-state index in [0.717, 1.165) is 12.5 Å². The molecule has 0 aliphatic heterocycles. The lowest BCUT2D eigenvalue weighted by Crippen LogP contribution is -2.37. The van der Waals surface area contributed by atoms with Crippen LogP contribution in [0.15, 0.2) is 6.07 Å². The number of thiophene rings is 1. The average molecular weight is 294 g/mol. The zero-order chi connectivity index (χ0) is 14.8. The molecule has 1 heterocycles. The normalized spacial score (nSPS) is 19.7. The van der Waals surface area contributed by atoms with E-state index in [1.165, 1.54) is 42.5 Å². The Morgan fingerprint density at radius 1 is 1.25 bits per heavy atom. The molecule has 20 heavy (non-hydrogen) atoms. The highest BCUT2D eigenvalue weighted by Crippen LogP contribution is 2.53. The summed E-state index contributed by atoms with van der Waals surface area (Å²) >= 11 is 2.01. The van der Waals surface area contributed by atoms with Crippen LogP contribution in [0.5, 0.6) is 0 Å². The van der Waals surface area contributed by atoms with E-state index in [9.17, 15) is 0 Å². The van der Waals surface area contributed by atoms with Gasteiger partial charge in [0, 0.05) is 15.8 Å². The summed E-state index contributed by atoms with van der Waals surface area (Å²) in [5, 5.41) is 3.85. The monoisotopic (exact) mass is 293 g/mol. The van der Waals surface area contributed by atoms with Crippen LogP contribution in [0.4, 0.5) is 0 Å². The molecule has 1 fully saturated rings. The molecule has 0 radical (unpaired) electrons. The first kappa shape index (κ1) is 16.0. The van der Waals surface area contributed by atoms with Gasteiger partial charge in [-0.05, 0) is 62.6 Å². The molecule has 1 nitrogen and oxygen atoms in total. The standard InChI is InChI=1S/C18H31NS/c1-6-19-17(16-14(4)11-15(5)20-16)18(12-13(2)3)9-7-8-10-18/h11,13,17,19H,6-10,12H2,1-5H3. The zero-order valence-corrected chi connectivity index (χ0v) is 14.7. The Morgan fingerprint density at radius 2 is 1.90 bits per heavy atom. The quantitative estimate of drug-likeness (QED) is 0.717. The van der Waals surface area contributed by atoms with Gasteiger partial charge in [0.25, 0.3) is 0 Å². The van der Waals surface area contributed by atoms with Crippen LogP contribution in [0.25, 0.3) is 0 Å². The van der Waals surface area contributed by atoms with E-state index in [1.54, 1.807) is 4.88 Å². The lowest BCUT2D eigenvalue weighted by Gasteiger charge is -2.39. The van der Waals surface area contributed by atoms with Gasteiger partial charge in [0.1, 0.15) is 0 Å². The van der Waals surface area contributed by atoms with Gasteiger partial charge >= 0.3 is 0 Å². The Balaban J connectivity index is 2.36. The molecule has 1 saturated carbocycles. The highest BCUT2D eigenvalue weighted by molar-refractivity contribution is 7.12. The Labute approximate surface area is 129 Å². The summed E-state index contributed by atoms with van der Waals surface area (Å²) in [6.07, 6.45) is 7.00. The third-order valence-corrected chi connectivity index (χ3v) is 5.99. The van der Waals surface area contributed by atoms with Crippen LogP contribution < -0.4 is 5.32 Å². The van der Waals surface area contributed by atoms with Gasteiger partial charge in [0.2, 0.25) is 0 Å². The highest BCUT2D eigenvalue weighted by Gasteiger charge is 2.42. The van der Waals surface area contributed by atoms with E-state index in [-0.39, 0.29) is 0 Å². The van der Waals surface area contributed by atoms with Gasteiger partial charge in [-0.1, -0.05) is 33.6 Å². The smallest absolute Gasteiger partial charge is 0.0474 e. The van der Waals surface area contributed by atoms with Gasteiger partial charge in [-0.3, -0.25) is 0 Å². The number of nitrogens with one attached hydrogen (secondary N) is 1. The number of rotatable bonds is 6. The molecule has 0 aromatic carbocycles. The maximum atomic E-state index is 3.85. The largest absolute Gasteiger partial charge is 0.309 e. The minimum absolute atomic E-state index is 0.492. The third-order valence-electron chi connectivity index (χ3n) is 4.78. The number of hydrogen-bond donors (Lipinski definition) is 1. The van der Waals surface area contributed by atoms with Crippen molar-refractivity contribution in [3.05, 3.63) is 21.4 Å². The summed E-state index contributed by atoms with van der Waals surface area (Å²) in [5.74, 6) is 0.788. The maximum Gasteiger partial charge on any atom is 0.0474 e. The first-order valence-electron chi connectivity index (χ1n) is 8.29. The molecule has 1 aliphatic carbocycles. The van der Waals surface area contributed by atoms with E-state index < -0.39 is 0 Å². The molecular formula is C18H31NS. The first-order chi connectivity index (χ1) is 9.48. The van der Waals surface area contributed by atoms with Crippen LogP contribution >= 0.6 is 11.3 Å². The van der Waals surface area contributed by atoms with Gasteiger partial charge in [-0.2, -0.15) is 0 Å². The van der Waals surface area contributed by atoms with E-state index in [2.05, 4.69) is 46.0 Å². The van der Waals surface area contributed by atoms with E-state index in [4.69, 9.17) is 0 Å². The van der Waals surface area contributed by atoms with E-state index in [1.807, 2.05) is 11.3 Å². The molecule has 1 aromatic rings. The minimum atomic E-state index is 0.492. The summed E-state index contributed by atoms with van der Waals surface area (Å²) in [4.78, 5) is 3.06. The predicted molar refractivity (Wildman–Crippen MR) is 90.6 cm³/mol. The minimum Gasteiger partial charge on any atom is -0.309 e. The Morgan fingerprint density at radius 3 is 2.35 bits per heavy atom. The highest BCUT2D eigenvalue weighted by atomic mass is 32.1. The van der Waals surface area contributed by atoms with Crippen molar-refractivity contribution >= 4 is 11.3 Å². The second-order valence-corrected chi connectivity index (χ2v) is 8.35. The van der Waals surface area contributed by atoms with Gasteiger partial charge in [-0.15, -0.1) is 11.3 Å². The topological polar surface area (TPSA) is 12.0 Å². The molecule has 0 bridgehead atoms. The van der Waals surface area contributed by atoms with Crippen molar-refractivity contribution in [2.45, 2.75) is 72.8 Å². The van der Waals surface area contributed by atoms with E-state index >= 15 is 0 Å². The van der Waals surface area contributed by atoms with Crippen LogP contribution in [0.1, 0.15) is 74.2 Å². The Kier molecular flexibility index (Phi) is 5.30. The molecule has 1 unspecified atom stereocenters. The fourth-order valence-electron chi connectivity index (χ4n) is 4.24.